The molecule has 3 rings (SSSR count). The first-order valence-corrected chi connectivity index (χ1v) is 12.0. The highest BCUT2D eigenvalue weighted by Crippen LogP contribution is 2.29. The molecule has 0 spiro atoms. The Morgan fingerprint density at radius 3 is 2.66 bits per heavy atom. The second-order valence-corrected chi connectivity index (χ2v) is 9.08. The van der Waals surface area contributed by atoms with Crippen molar-refractivity contribution >= 4 is 45.7 Å². The fraction of sp³-hybridized carbons (Fsp3) is 0.435. The molecule has 1 aliphatic rings. The van der Waals surface area contributed by atoms with E-state index in [0.717, 1.165) is 17.7 Å². The number of carbonyl (C=O) groups is 3. The molecule has 0 bridgehead atoms. The number of amides is 2. The normalized spacial score (nSPS) is 14.7. The summed E-state index contributed by atoms with van der Waals surface area (Å²) in [5.74, 6) is -0.665. The molecule has 0 aliphatic carbocycles. The molecule has 2 aromatic rings. The zero-order chi connectivity index (χ0) is 23.1. The number of rotatable bonds is 7. The van der Waals surface area contributed by atoms with E-state index >= 15 is 0 Å². The van der Waals surface area contributed by atoms with Crippen LogP contribution in [0.5, 0.6) is 0 Å². The zero-order valence-electron chi connectivity index (χ0n) is 18.4. The predicted octanol–water partition coefficient (Wildman–Crippen LogP) is 3.93. The number of benzene rings is 1. The van der Waals surface area contributed by atoms with E-state index in [-0.39, 0.29) is 25.0 Å². The van der Waals surface area contributed by atoms with Gasteiger partial charge in [0.25, 0.3) is 5.91 Å². The maximum atomic E-state index is 12.8. The monoisotopic (exact) mass is 477 g/mol. The van der Waals surface area contributed by atoms with E-state index in [2.05, 4.69) is 5.32 Å². The number of nitrogens with zero attached hydrogens (tertiary/aromatic N) is 2. The Morgan fingerprint density at radius 1 is 1.12 bits per heavy atom. The first-order chi connectivity index (χ1) is 15.4. The van der Waals surface area contributed by atoms with Crippen LogP contribution in [0.15, 0.2) is 30.3 Å². The molecule has 0 unspecified atom stereocenters. The van der Waals surface area contributed by atoms with Gasteiger partial charge < -0.3 is 15.0 Å². The molecule has 1 aromatic heterocycles. The van der Waals surface area contributed by atoms with Gasteiger partial charge in [0.05, 0.1) is 18.7 Å². The fourth-order valence-electron chi connectivity index (χ4n) is 3.58. The minimum absolute atomic E-state index is 0.0523. The molecule has 7 nitrogen and oxygen atoms in total. The van der Waals surface area contributed by atoms with Crippen molar-refractivity contribution in [2.24, 2.45) is 0 Å². The Morgan fingerprint density at radius 2 is 1.94 bits per heavy atom. The summed E-state index contributed by atoms with van der Waals surface area (Å²) in [6, 6.07) is 8.72. The van der Waals surface area contributed by atoms with Crippen LogP contribution >= 0.6 is 22.9 Å². The fourth-order valence-corrected chi connectivity index (χ4v) is 4.77. The maximum absolute atomic E-state index is 12.8. The molecule has 32 heavy (non-hydrogen) atoms. The van der Waals surface area contributed by atoms with Crippen molar-refractivity contribution in [3.05, 3.63) is 51.4 Å². The summed E-state index contributed by atoms with van der Waals surface area (Å²) in [6.07, 6.45) is 1.54. The average molecular weight is 478 g/mol. The molecule has 2 heterocycles. The van der Waals surface area contributed by atoms with Crippen LogP contribution in [-0.4, -0.2) is 66.9 Å². The van der Waals surface area contributed by atoms with Gasteiger partial charge in [-0.3, -0.25) is 14.5 Å². The number of carbonyl (C=O) groups excluding carboxylic acids is 3. The van der Waals surface area contributed by atoms with Gasteiger partial charge in [-0.2, -0.15) is 0 Å². The van der Waals surface area contributed by atoms with Crippen molar-refractivity contribution in [2.45, 2.75) is 26.7 Å². The lowest BCUT2D eigenvalue weighted by atomic mass is 10.2. The van der Waals surface area contributed by atoms with Gasteiger partial charge in [0.1, 0.15) is 5.00 Å². The maximum Gasteiger partial charge on any atom is 0.341 e. The highest BCUT2D eigenvalue weighted by Gasteiger charge is 2.23. The van der Waals surface area contributed by atoms with Crippen molar-refractivity contribution in [1.29, 1.82) is 0 Å². The minimum atomic E-state index is -0.427. The van der Waals surface area contributed by atoms with Crippen molar-refractivity contribution in [3.63, 3.8) is 0 Å². The van der Waals surface area contributed by atoms with Crippen molar-refractivity contribution in [2.75, 3.05) is 44.6 Å². The minimum Gasteiger partial charge on any atom is -0.462 e. The lowest BCUT2D eigenvalue weighted by Gasteiger charge is -2.22. The lowest BCUT2D eigenvalue weighted by Crippen LogP contribution is -2.38. The van der Waals surface area contributed by atoms with Crippen LogP contribution in [0.3, 0.4) is 0 Å². The van der Waals surface area contributed by atoms with E-state index < -0.39 is 5.97 Å². The molecule has 1 fully saturated rings. The number of halogens is 1. The lowest BCUT2D eigenvalue weighted by molar-refractivity contribution is -0.117. The molecule has 0 atom stereocenters. The second kappa shape index (κ2) is 11.4. The Bertz CT molecular complexity index is 978. The number of anilines is 1. The zero-order valence-corrected chi connectivity index (χ0v) is 19.9. The Hall–Kier alpha value is -2.42. The predicted molar refractivity (Wildman–Crippen MR) is 127 cm³/mol. The van der Waals surface area contributed by atoms with E-state index in [1.54, 1.807) is 42.2 Å². The SMILES string of the molecule is CCOC(=O)c1cc(CC)sc1NC(=O)CN1CCCN(C(=O)c2cccc(Cl)c2)CC1. The van der Waals surface area contributed by atoms with Crippen LogP contribution in [0.2, 0.25) is 5.02 Å². The van der Waals surface area contributed by atoms with Crippen molar-refractivity contribution in [3.8, 4) is 0 Å². The third-order valence-electron chi connectivity index (χ3n) is 5.19. The van der Waals surface area contributed by atoms with Crippen LogP contribution in [0.4, 0.5) is 5.00 Å². The number of thiophene rings is 1. The summed E-state index contributed by atoms with van der Waals surface area (Å²) in [6.45, 7) is 6.69. The molecule has 172 valence electrons. The summed E-state index contributed by atoms with van der Waals surface area (Å²) in [5.41, 5.74) is 0.968. The van der Waals surface area contributed by atoms with E-state index in [0.29, 0.717) is 47.3 Å². The summed E-state index contributed by atoms with van der Waals surface area (Å²) < 4.78 is 5.11. The van der Waals surface area contributed by atoms with Gasteiger partial charge in [0.15, 0.2) is 0 Å². The van der Waals surface area contributed by atoms with Gasteiger partial charge in [0, 0.05) is 41.6 Å². The Balaban J connectivity index is 1.58. The summed E-state index contributed by atoms with van der Waals surface area (Å²) in [7, 11) is 0. The summed E-state index contributed by atoms with van der Waals surface area (Å²) in [4.78, 5) is 42.6. The van der Waals surface area contributed by atoms with Crippen LogP contribution in [0.25, 0.3) is 0 Å². The largest absolute Gasteiger partial charge is 0.462 e. The van der Waals surface area contributed by atoms with Gasteiger partial charge in [-0.05, 0) is 44.0 Å². The number of aryl methyl sites for hydroxylation is 1. The Labute approximate surface area is 197 Å². The van der Waals surface area contributed by atoms with Crippen LogP contribution in [0, 0.1) is 0 Å². The molecule has 2 amide bonds. The molecule has 1 saturated heterocycles. The molecule has 9 heteroatoms. The summed E-state index contributed by atoms with van der Waals surface area (Å²) >= 11 is 7.41. The highest BCUT2D eigenvalue weighted by atomic mass is 35.5. The standard InChI is InChI=1S/C23H28ClN3O4S/c1-3-18-14-19(23(30)31-4-2)21(32-18)25-20(28)15-26-9-6-10-27(12-11-26)22(29)16-7-5-8-17(24)13-16/h5,7-8,13-14H,3-4,6,9-12,15H2,1-2H3,(H,25,28). The van der Waals surface area contributed by atoms with Gasteiger partial charge in [-0.25, -0.2) is 4.79 Å². The number of hydrogen-bond donors (Lipinski definition) is 1. The molecular weight excluding hydrogens is 450 g/mol. The molecular formula is C23H28ClN3O4S. The average Bonchev–Trinajstić information content (AvgIpc) is 3.03. The molecule has 1 N–H and O–H groups in total. The van der Waals surface area contributed by atoms with E-state index in [1.165, 1.54) is 11.3 Å². The van der Waals surface area contributed by atoms with Crippen LogP contribution in [-0.2, 0) is 16.0 Å². The van der Waals surface area contributed by atoms with Gasteiger partial charge in [-0.15, -0.1) is 11.3 Å². The third kappa shape index (κ3) is 6.31. The van der Waals surface area contributed by atoms with E-state index in [4.69, 9.17) is 16.3 Å². The number of nitrogens with one attached hydrogen (secondary N) is 1. The summed E-state index contributed by atoms with van der Waals surface area (Å²) in [5, 5.41) is 3.94. The molecule has 0 saturated carbocycles. The number of hydrogen-bond acceptors (Lipinski definition) is 6. The number of ether oxygens (including phenoxy) is 1. The first-order valence-electron chi connectivity index (χ1n) is 10.8. The van der Waals surface area contributed by atoms with Crippen LogP contribution in [0.1, 0.15) is 45.9 Å². The van der Waals surface area contributed by atoms with E-state index in [9.17, 15) is 14.4 Å². The third-order valence-corrected chi connectivity index (χ3v) is 6.62. The Kier molecular flexibility index (Phi) is 8.67. The van der Waals surface area contributed by atoms with Gasteiger partial charge in [0.2, 0.25) is 5.91 Å². The highest BCUT2D eigenvalue weighted by molar-refractivity contribution is 7.16. The van der Waals surface area contributed by atoms with E-state index in [1.807, 2.05) is 11.8 Å². The topological polar surface area (TPSA) is 79.0 Å². The molecule has 1 aromatic carbocycles. The van der Waals surface area contributed by atoms with Gasteiger partial charge in [-0.1, -0.05) is 24.6 Å². The number of esters is 1. The van der Waals surface area contributed by atoms with Crippen molar-refractivity contribution < 1.29 is 19.1 Å². The molecule has 0 radical (unpaired) electrons. The molecule has 1 aliphatic heterocycles. The second-order valence-electron chi connectivity index (χ2n) is 7.51. The van der Waals surface area contributed by atoms with Gasteiger partial charge >= 0.3 is 5.97 Å². The quantitative estimate of drug-likeness (QED) is 0.611. The smallest absolute Gasteiger partial charge is 0.341 e. The first kappa shape index (κ1) is 24.2. The van der Waals surface area contributed by atoms with Crippen molar-refractivity contribution in [1.82, 2.24) is 9.80 Å². The van der Waals surface area contributed by atoms with Crippen LogP contribution < -0.4 is 5.32 Å².